The van der Waals surface area contributed by atoms with Crippen LogP contribution in [0, 0.1) is 22.7 Å². The molecule has 3 nitrogen and oxygen atoms in total. The second-order valence-electron chi connectivity index (χ2n) is 2.97. The molecule has 1 aromatic carbocycles. The average Bonchev–Trinajstić information content (AvgIpc) is 2.19. The molecule has 0 heterocycles. The van der Waals surface area contributed by atoms with Crippen LogP contribution in [0.4, 0.5) is 13.2 Å². The van der Waals surface area contributed by atoms with E-state index in [-0.39, 0.29) is 12.0 Å². The van der Waals surface area contributed by atoms with E-state index in [0.29, 0.717) is 6.07 Å². The lowest BCUT2D eigenvalue weighted by Gasteiger charge is -2.10. The number of halogens is 3. The normalized spacial score (nSPS) is 10.6. The van der Waals surface area contributed by atoms with Gasteiger partial charge in [-0.3, -0.25) is 0 Å². The molecule has 0 amide bonds. The van der Waals surface area contributed by atoms with E-state index in [4.69, 9.17) is 10.5 Å². The van der Waals surface area contributed by atoms with Gasteiger partial charge in [0.05, 0.1) is 29.7 Å². The molecule has 1 aromatic rings. The molecule has 82 valence electrons. The fraction of sp³-hybridized carbons (Fsp3) is 0.200. The molecule has 0 unspecified atom stereocenters. The third-order valence-corrected chi connectivity index (χ3v) is 1.91. The first kappa shape index (κ1) is 11.9. The fourth-order valence-corrected chi connectivity index (χ4v) is 1.19. The highest BCUT2D eigenvalue weighted by Crippen LogP contribution is 2.35. The van der Waals surface area contributed by atoms with Gasteiger partial charge in [-0.1, -0.05) is 0 Å². The van der Waals surface area contributed by atoms with E-state index in [2.05, 4.69) is 0 Å². The number of benzene rings is 1. The van der Waals surface area contributed by atoms with Crippen molar-refractivity contribution in [1.82, 2.24) is 0 Å². The Kier molecular flexibility index (Phi) is 3.05. The van der Waals surface area contributed by atoms with Gasteiger partial charge in [-0.05, 0) is 12.1 Å². The molecule has 6 heteroatoms. The van der Waals surface area contributed by atoms with Gasteiger partial charge in [-0.2, -0.15) is 23.7 Å². The Morgan fingerprint density at radius 3 is 2.31 bits per heavy atom. The van der Waals surface area contributed by atoms with E-state index in [9.17, 15) is 18.3 Å². The first-order valence-electron chi connectivity index (χ1n) is 4.10. The fourth-order valence-electron chi connectivity index (χ4n) is 1.19. The molecule has 0 saturated carbocycles. The summed E-state index contributed by atoms with van der Waals surface area (Å²) in [4.78, 5) is 0. The SMILES string of the molecule is N#CCc1cc(C#N)c(C(F)(F)F)cc1O. The molecule has 0 spiro atoms. The quantitative estimate of drug-likeness (QED) is 0.799. The monoisotopic (exact) mass is 226 g/mol. The highest BCUT2D eigenvalue weighted by Gasteiger charge is 2.34. The summed E-state index contributed by atoms with van der Waals surface area (Å²) < 4.78 is 37.2. The minimum Gasteiger partial charge on any atom is -0.508 e. The average molecular weight is 226 g/mol. The molecule has 16 heavy (non-hydrogen) atoms. The lowest BCUT2D eigenvalue weighted by atomic mass is 10.0. The van der Waals surface area contributed by atoms with Crippen LogP contribution in [-0.4, -0.2) is 5.11 Å². The van der Waals surface area contributed by atoms with Gasteiger partial charge in [0.1, 0.15) is 5.75 Å². The van der Waals surface area contributed by atoms with Crippen molar-refractivity contribution in [3.8, 4) is 17.9 Å². The molecule has 1 N–H and O–H groups in total. The summed E-state index contributed by atoms with van der Waals surface area (Å²) in [5, 5.41) is 26.2. The number of aromatic hydroxyl groups is 1. The minimum atomic E-state index is -4.70. The number of hydrogen-bond donors (Lipinski definition) is 1. The zero-order valence-electron chi connectivity index (χ0n) is 7.84. The van der Waals surface area contributed by atoms with Crippen molar-refractivity contribution < 1.29 is 18.3 Å². The van der Waals surface area contributed by atoms with Gasteiger partial charge in [0.25, 0.3) is 0 Å². The predicted octanol–water partition coefficient (Wildman–Crippen LogP) is 2.35. The first-order chi connectivity index (χ1) is 7.40. The van der Waals surface area contributed by atoms with Crippen LogP contribution in [0.3, 0.4) is 0 Å². The van der Waals surface area contributed by atoms with E-state index in [1.807, 2.05) is 0 Å². The number of nitriles is 2. The van der Waals surface area contributed by atoms with Gasteiger partial charge in [-0.15, -0.1) is 0 Å². The summed E-state index contributed by atoms with van der Waals surface area (Å²) in [6.45, 7) is 0. The summed E-state index contributed by atoms with van der Waals surface area (Å²) in [6, 6.07) is 4.41. The molecule has 0 aromatic heterocycles. The molecule has 0 radical (unpaired) electrons. The van der Waals surface area contributed by atoms with Crippen molar-refractivity contribution >= 4 is 0 Å². The van der Waals surface area contributed by atoms with Gasteiger partial charge in [0.15, 0.2) is 0 Å². The van der Waals surface area contributed by atoms with Gasteiger partial charge in [0, 0.05) is 5.56 Å². The van der Waals surface area contributed by atoms with E-state index in [1.165, 1.54) is 6.07 Å². The second-order valence-corrected chi connectivity index (χ2v) is 2.97. The highest BCUT2D eigenvalue weighted by atomic mass is 19.4. The molecule has 0 bridgehead atoms. The molecule has 0 atom stereocenters. The summed E-state index contributed by atoms with van der Waals surface area (Å²) in [6.07, 6.45) is -4.95. The zero-order valence-corrected chi connectivity index (χ0v) is 7.84. The number of hydrogen-bond acceptors (Lipinski definition) is 3. The van der Waals surface area contributed by atoms with Gasteiger partial charge in [-0.25, -0.2) is 0 Å². The maximum atomic E-state index is 12.4. The van der Waals surface area contributed by atoms with Crippen molar-refractivity contribution in [2.75, 3.05) is 0 Å². The van der Waals surface area contributed by atoms with Crippen molar-refractivity contribution in [3.05, 3.63) is 28.8 Å². The van der Waals surface area contributed by atoms with Crippen LogP contribution in [0.2, 0.25) is 0 Å². The Hall–Kier alpha value is -2.21. The molecule has 1 rings (SSSR count). The minimum absolute atomic E-state index is 0.00653. The Morgan fingerprint density at radius 2 is 1.88 bits per heavy atom. The molecule has 0 saturated heterocycles. The van der Waals surface area contributed by atoms with Crippen LogP contribution >= 0.6 is 0 Å². The summed E-state index contributed by atoms with van der Waals surface area (Å²) >= 11 is 0. The molecule has 0 aliphatic heterocycles. The van der Waals surface area contributed by atoms with Crippen LogP contribution in [0.5, 0.6) is 5.75 Å². The summed E-state index contributed by atoms with van der Waals surface area (Å²) in [5.41, 5.74) is -1.79. The maximum Gasteiger partial charge on any atom is 0.417 e. The van der Waals surface area contributed by atoms with E-state index >= 15 is 0 Å². The number of nitrogens with zero attached hydrogens (tertiary/aromatic N) is 2. The van der Waals surface area contributed by atoms with Gasteiger partial charge >= 0.3 is 6.18 Å². The topological polar surface area (TPSA) is 67.8 Å². The second kappa shape index (κ2) is 4.11. The van der Waals surface area contributed by atoms with E-state index in [0.717, 1.165) is 6.07 Å². The van der Waals surface area contributed by atoms with Crippen molar-refractivity contribution in [3.63, 3.8) is 0 Å². The van der Waals surface area contributed by atoms with Crippen LogP contribution in [0.15, 0.2) is 12.1 Å². The molecule has 0 aliphatic carbocycles. The summed E-state index contributed by atoms with van der Waals surface area (Å²) in [7, 11) is 0. The number of rotatable bonds is 1. The third kappa shape index (κ3) is 2.23. The number of phenols is 1. The highest BCUT2D eigenvalue weighted by molar-refractivity contribution is 5.49. The molecule has 0 fully saturated rings. The first-order valence-corrected chi connectivity index (χ1v) is 4.10. The van der Waals surface area contributed by atoms with Crippen molar-refractivity contribution in [2.45, 2.75) is 12.6 Å². The third-order valence-electron chi connectivity index (χ3n) is 1.91. The lowest BCUT2D eigenvalue weighted by Crippen LogP contribution is -2.08. The van der Waals surface area contributed by atoms with Gasteiger partial charge < -0.3 is 5.11 Å². The maximum absolute atomic E-state index is 12.4. The predicted molar refractivity (Wildman–Crippen MR) is 47.1 cm³/mol. The Morgan fingerprint density at radius 1 is 1.25 bits per heavy atom. The lowest BCUT2D eigenvalue weighted by molar-refractivity contribution is -0.137. The van der Waals surface area contributed by atoms with E-state index in [1.54, 1.807) is 6.07 Å². The van der Waals surface area contributed by atoms with Crippen LogP contribution in [0.1, 0.15) is 16.7 Å². The van der Waals surface area contributed by atoms with Crippen molar-refractivity contribution in [2.24, 2.45) is 0 Å². The van der Waals surface area contributed by atoms with Crippen LogP contribution in [-0.2, 0) is 12.6 Å². The largest absolute Gasteiger partial charge is 0.508 e. The Labute approximate surface area is 89.0 Å². The molecular weight excluding hydrogens is 221 g/mol. The molecular formula is C10H5F3N2O. The summed E-state index contributed by atoms with van der Waals surface area (Å²) in [5.74, 6) is -0.632. The van der Waals surface area contributed by atoms with Gasteiger partial charge in [0.2, 0.25) is 0 Å². The number of phenolic OH excluding ortho intramolecular Hbond substituents is 1. The van der Waals surface area contributed by atoms with Crippen molar-refractivity contribution in [1.29, 1.82) is 10.5 Å². The zero-order chi connectivity index (χ0) is 12.3. The van der Waals surface area contributed by atoms with E-state index < -0.39 is 23.1 Å². The standard InChI is InChI=1S/C10H5F3N2O/c11-10(12,13)8-4-9(16)6(1-2-14)3-7(8)5-15/h3-4,16H,1H2. The smallest absolute Gasteiger partial charge is 0.417 e. The Balaban J connectivity index is 3.41. The number of alkyl halides is 3. The van der Waals surface area contributed by atoms with Crippen LogP contribution < -0.4 is 0 Å². The Bertz CT molecular complexity index is 495. The van der Waals surface area contributed by atoms with Crippen LogP contribution in [0.25, 0.3) is 0 Å². The molecule has 0 aliphatic rings.